The maximum absolute atomic E-state index is 2.43. The van der Waals surface area contributed by atoms with Crippen molar-refractivity contribution in [2.24, 2.45) is 0 Å². The third kappa shape index (κ3) is 4.79. The van der Waals surface area contributed by atoms with Gasteiger partial charge in [-0.25, -0.2) is 0 Å². The van der Waals surface area contributed by atoms with Gasteiger partial charge in [0.05, 0.1) is 38.8 Å². The minimum Gasteiger partial charge on any atom is -0.309 e. The van der Waals surface area contributed by atoms with Gasteiger partial charge in [0.1, 0.15) is 0 Å². The van der Waals surface area contributed by atoms with Gasteiger partial charge < -0.3 is 13.7 Å². The molecule has 3 heteroatoms. The second kappa shape index (κ2) is 12.5. The quantitative estimate of drug-likeness (QED) is 0.168. The van der Waals surface area contributed by atoms with Gasteiger partial charge in [-0.1, -0.05) is 133 Å². The number of benzene rings is 9. The zero-order chi connectivity index (χ0) is 37.5. The smallest absolute Gasteiger partial charge is 0.0542 e. The lowest BCUT2D eigenvalue weighted by Crippen LogP contribution is -1.97. The fraction of sp³-hybridized carbons (Fsp3) is 0. The van der Waals surface area contributed by atoms with Crippen LogP contribution in [0.4, 0.5) is 0 Å². The van der Waals surface area contributed by atoms with Crippen LogP contribution in [0.3, 0.4) is 0 Å². The molecule has 12 rings (SSSR count). The fourth-order valence-electron chi connectivity index (χ4n) is 9.33. The van der Waals surface area contributed by atoms with Gasteiger partial charge in [0.2, 0.25) is 0 Å². The Morgan fingerprint density at radius 2 is 0.649 bits per heavy atom. The van der Waals surface area contributed by atoms with Crippen molar-refractivity contribution in [2.45, 2.75) is 0 Å². The van der Waals surface area contributed by atoms with E-state index in [4.69, 9.17) is 0 Å². The topological polar surface area (TPSA) is 14.8 Å². The van der Waals surface area contributed by atoms with Crippen LogP contribution in [0.1, 0.15) is 0 Å². The maximum atomic E-state index is 2.43. The molecule has 0 radical (unpaired) electrons. The van der Waals surface area contributed by atoms with Gasteiger partial charge in [-0.15, -0.1) is 0 Å². The molecule has 3 aromatic heterocycles. The first-order chi connectivity index (χ1) is 28.3. The van der Waals surface area contributed by atoms with Gasteiger partial charge in [0, 0.05) is 49.3 Å². The van der Waals surface area contributed by atoms with E-state index in [1.807, 2.05) is 0 Å². The van der Waals surface area contributed by atoms with E-state index in [0.717, 1.165) is 5.69 Å². The van der Waals surface area contributed by atoms with E-state index in [2.05, 4.69) is 226 Å². The summed E-state index contributed by atoms with van der Waals surface area (Å²) in [5.74, 6) is 0. The summed E-state index contributed by atoms with van der Waals surface area (Å²) >= 11 is 0. The van der Waals surface area contributed by atoms with E-state index < -0.39 is 0 Å². The van der Waals surface area contributed by atoms with Crippen LogP contribution in [-0.2, 0) is 0 Å². The lowest BCUT2D eigenvalue weighted by Gasteiger charge is -2.14. The van der Waals surface area contributed by atoms with Gasteiger partial charge in [-0.2, -0.15) is 0 Å². The molecule has 0 aliphatic carbocycles. The molecule has 57 heavy (non-hydrogen) atoms. The first kappa shape index (κ1) is 31.7. The molecule has 3 nitrogen and oxygen atoms in total. The molecule has 0 spiro atoms. The monoisotopic (exact) mass is 725 g/mol. The summed E-state index contributed by atoms with van der Waals surface area (Å²) in [6.07, 6.45) is 0. The van der Waals surface area contributed by atoms with Gasteiger partial charge in [0.15, 0.2) is 0 Å². The summed E-state index contributed by atoms with van der Waals surface area (Å²) < 4.78 is 7.24. The molecule has 0 aliphatic rings. The van der Waals surface area contributed by atoms with Crippen LogP contribution >= 0.6 is 0 Å². The Morgan fingerprint density at radius 3 is 1.26 bits per heavy atom. The Bertz CT molecular complexity index is 3510. The van der Waals surface area contributed by atoms with Crippen LogP contribution in [0.15, 0.2) is 212 Å². The van der Waals surface area contributed by atoms with Gasteiger partial charge in [-0.05, 0) is 95.6 Å². The SMILES string of the molecule is c1ccc(-c2ccccc2-n2c3ccccc3c3cc(-c4ccc5c(c4)c4ccccc4n5-c4ccc5c(c4)c4ccccc4n5-c4ccccc4)ccc32)cc1. The summed E-state index contributed by atoms with van der Waals surface area (Å²) in [6.45, 7) is 0. The molecule has 0 atom stereocenters. The summed E-state index contributed by atoms with van der Waals surface area (Å²) in [5.41, 5.74) is 15.6. The second-order valence-electron chi connectivity index (χ2n) is 14.9. The molecule has 0 saturated heterocycles. The molecule has 0 unspecified atom stereocenters. The lowest BCUT2D eigenvalue weighted by molar-refractivity contribution is 1.17. The third-order valence-corrected chi connectivity index (χ3v) is 11.8. The standard InChI is InChI=1S/C54H35N3/c1-3-15-36(16-4-1)41-19-7-11-23-48(41)57-51-26-14-10-21-43(51)46-34-38(28-31-54(46)57)37-27-30-52-45(33-37)42-20-8-13-25-50(42)56(52)40-29-32-53-47(35-40)44-22-9-12-24-49(44)55(53)39-17-5-2-6-18-39/h1-35H. The zero-order valence-electron chi connectivity index (χ0n) is 31.0. The largest absolute Gasteiger partial charge is 0.309 e. The maximum Gasteiger partial charge on any atom is 0.0542 e. The molecule has 12 aromatic rings. The summed E-state index contributed by atoms with van der Waals surface area (Å²) in [4.78, 5) is 0. The minimum absolute atomic E-state index is 1.16. The van der Waals surface area contributed by atoms with E-state index in [-0.39, 0.29) is 0 Å². The molecule has 0 fully saturated rings. The highest BCUT2D eigenvalue weighted by atomic mass is 15.0. The molecular weight excluding hydrogens is 691 g/mol. The van der Waals surface area contributed by atoms with Crippen molar-refractivity contribution in [3.63, 3.8) is 0 Å². The van der Waals surface area contributed by atoms with Crippen molar-refractivity contribution >= 4 is 65.4 Å². The lowest BCUT2D eigenvalue weighted by atomic mass is 10.0. The number of para-hydroxylation sites is 5. The van der Waals surface area contributed by atoms with Crippen LogP contribution in [-0.4, -0.2) is 13.7 Å². The number of aromatic nitrogens is 3. The Labute approximate surface area is 329 Å². The Morgan fingerprint density at radius 1 is 0.228 bits per heavy atom. The number of rotatable bonds is 5. The van der Waals surface area contributed by atoms with Crippen molar-refractivity contribution in [3.8, 4) is 39.3 Å². The third-order valence-electron chi connectivity index (χ3n) is 11.8. The van der Waals surface area contributed by atoms with Gasteiger partial charge in [-0.3, -0.25) is 0 Å². The van der Waals surface area contributed by atoms with Gasteiger partial charge >= 0.3 is 0 Å². The predicted octanol–water partition coefficient (Wildman–Crippen LogP) is 14.3. The van der Waals surface area contributed by atoms with E-state index in [1.54, 1.807) is 0 Å². The first-order valence-electron chi connectivity index (χ1n) is 19.6. The molecule has 3 heterocycles. The Hall–Kier alpha value is -7.62. The van der Waals surface area contributed by atoms with Crippen molar-refractivity contribution in [2.75, 3.05) is 0 Å². The molecular formula is C54H35N3. The average Bonchev–Trinajstić information content (AvgIpc) is 3.92. The zero-order valence-corrected chi connectivity index (χ0v) is 31.0. The molecule has 9 aromatic carbocycles. The van der Waals surface area contributed by atoms with E-state index in [1.165, 1.54) is 99.0 Å². The Kier molecular flexibility index (Phi) is 6.93. The number of hydrogen-bond donors (Lipinski definition) is 0. The van der Waals surface area contributed by atoms with E-state index in [0.29, 0.717) is 0 Å². The van der Waals surface area contributed by atoms with Crippen LogP contribution in [0.2, 0.25) is 0 Å². The predicted molar refractivity (Wildman–Crippen MR) is 240 cm³/mol. The van der Waals surface area contributed by atoms with E-state index >= 15 is 0 Å². The molecule has 0 aliphatic heterocycles. The second-order valence-corrected chi connectivity index (χ2v) is 14.9. The highest BCUT2D eigenvalue weighted by Gasteiger charge is 2.19. The van der Waals surface area contributed by atoms with Crippen molar-refractivity contribution < 1.29 is 0 Å². The first-order valence-corrected chi connectivity index (χ1v) is 19.6. The van der Waals surface area contributed by atoms with Crippen LogP contribution < -0.4 is 0 Å². The fourth-order valence-corrected chi connectivity index (χ4v) is 9.33. The van der Waals surface area contributed by atoms with Crippen molar-refractivity contribution in [3.05, 3.63) is 212 Å². The molecule has 0 N–H and O–H groups in total. The summed E-state index contributed by atoms with van der Waals surface area (Å²) in [5, 5.41) is 7.48. The highest BCUT2D eigenvalue weighted by molar-refractivity contribution is 6.14. The van der Waals surface area contributed by atoms with Crippen molar-refractivity contribution in [1.29, 1.82) is 0 Å². The molecule has 0 amide bonds. The summed E-state index contributed by atoms with van der Waals surface area (Å²) in [7, 11) is 0. The average molecular weight is 726 g/mol. The van der Waals surface area contributed by atoms with Crippen molar-refractivity contribution in [1.82, 2.24) is 13.7 Å². The van der Waals surface area contributed by atoms with Crippen LogP contribution in [0, 0.1) is 0 Å². The van der Waals surface area contributed by atoms with E-state index in [9.17, 15) is 0 Å². The Balaban J connectivity index is 1.03. The number of nitrogens with zero attached hydrogens (tertiary/aromatic N) is 3. The van der Waals surface area contributed by atoms with Gasteiger partial charge in [0.25, 0.3) is 0 Å². The summed E-state index contributed by atoms with van der Waals surface area (Å²) in [6, 6.07) is 77.4. The molecule has 0 saturated carbocycles. The highest BCUT2D eigenvalue weighted by Crippen LogP contribution is 2.41. The molecule has 266 valence electrons. The van der Waals surface area contributed by atoms with Crippen LogP contribution in [0.25, 0.3) is 105 Å². The number of fused-ring (bicyclic) bond motifs is 9. The molecule has 0 bridgehead atoms. The van der Waals surface area contributed by atoms with Crippen LogP contribution in [0.5, 0.6) is 0 Å². The minimum atomic E-state index is 1.16. The normalized spacial score (nSPS) is 11.9. The number of hydrogen-bond acceptors (Lipinski definition) is 0.